The molecule has 0 bridgehead atoms. The lowest BCUT2D eigenvalue weighted by Crippen LogP contribution is -1.99. The Morgan fingerprint density at radius 3 is 2.17 bits per heavy atom. The second-order valence-corrected chi connectivity index (χ2v) is 7.16. The minimum atomic E-state index is 0.247. The molecule has 2 N–H and O–H groups in total. The summed E-state index contributed by atoms with van der Waals surface area (Å²) in [6.07, 6.45) is 10.8. The highest BCUT2D eigenvalue weighted by atomic mass is 15.3. The molecule has 6 nitrogen and oxygen atoms in total. The number of fused-ring (bicyclic) bond motifs is 1. The van der Waals surface area contributed by atoms with Crippen LogP contribution in [-0.2, 0) is 0 Å². The van der Waals surface area contributed by atoms with E-state index in [-0.39, 0.29) is 5.95 Å². The largest absolute Gasteiger partial charge is 0.367 e. The highest BCUT2D eigenvalue weighted by Gasteiger charge is 2.09. The van der Waals surface area contributed by atoms with E-state index < -0.39 is 0 Å². The van der Waals surface area contributed by atoms with Crippen LogP contribution in [0.3, 0.4) is 0 Å². The summed E-state index contributed by atoms with van der Waals surface area (Å²) in [7, 11) is 0. The van der Waals surface area contributed by atoms with Crippen molar-refractivity contribution in [1.82, 2.24) is 19.6 Å². The Morgan fingerprint density at radius 2 is 1.67 bits per heavy atom. The van der Waals surface area contributed by atoms with E-state index in [2.05, 4.69) is 33.9 Å². The predicted molar refractivity (Wildman–Crippen MR) is 130 cm³/mol. The summed E-state index contributed by atoms with van der Waals surface area (Å²) in [5.41, 5.74) is 11.1. The van der Waals surface area contributed by atoms with Crippen molar-refractivity contribution in [2.75, 3.05) is 5.73 Å². The van der Waals surface area contributed by atoms with Crippen LogP contribution in [0.1, 0.15) is 79.3 Å². The van der Waals surface area contributed by atoms with Gasteiger partial charge in [-0.2, -0.15) is 0 Å². The van der Waals surface area contributed by atoms with E-state index in [1.165, 1.54) is 32.1 Å². The van der Waals surface area contributed by atoms with Crippen molar-refractivity contribution >= 4 is 22.9 Å². The molecule has 3 aromatic heterocycles. The van der Waals surface area contributed by atoms with Gasteiger partial charge in [-0.15, -0.1) is 5.10 Å². The van der Waals surface area contributed by atoms with E-state index >= 15 is 0 Å². The Labute approximate surface area is 181 Å². The van der Waals surface area contributed by atoms with Crippen LogP contribution < -0.4 is 5.73 Å². The molecule has 6 heteroatoms. The molecule has 1 saturated carbocycles. The van der Waals surface area contributed by atoms with Crippen molar-refractivity contribution in [2.24, 2.45) is 4.99 Å². The third kappa shape index (κ3) is 7.58. The van der Waals surface area contributed by atoms with Gasteiger partial charge in [0.15, 0.2) is 0 Å². The summed E-state index contributed by atoms with van der Waals surface area (Å²) in [5.74, 6) is 0.247. The van der Waals surface area contributed by atoms with Gasteiger partial charge < -0.3 is 5.73 Å². The summed E-state index contributed by atoms with van der Waals surface area (Å²) in [6, 6.07) is 5.89. The fraction of sp³-hybridized carbons (Fsp3) is 0.500. The van der Waals surface area contributed by atoms with Gasteiger partial charge in [-0.3, -0.25) is 9.98 Å². The Bertz CT molecular complexity index is 915. The Kier molecular flexibility index (Phi) is 11.3. The normalized spacial score (nSPS) is 11.6. The molecule has 0 aromatic carbocycles. The van der Waals surface area contributed by atoms with Crippen molar-refractivity contribution in [3.63, 3.8) is 0 Å². The first-order valence-electron chi connectivity index (χ1n) is 11.1. The molecule has 164 valence electrons. The minimum absolute atomic E-state index is 0.247. The number of aliphatic imine (C=N–C) groups is 1. The minimum Gasteiger partial charge on any atom is -0.367 e. The average Bonchev–Trinajstić information content (AvgIpc) is 3.07. The molecule has 1 aliphatic carbocycles. The Morgan fingerprint density at radius 1 is 1.07 bits per heavy atom. The van der Waals surface area contributed by atoms with Crippen LogP contribution in [0.2, 0.25) is 0 Å². The SMILES string of the molecule is C1CCC1.CC.CC(C)=Nc1ccc(-c2ccn3nc(N)ncc23)nc1C.CCC. The maximum absolute atomic E-state index is 5.59. The van der Waals surface area contributed by atoms with E-state index in [0.717, 1.165) is 33.9 Å². The van der Waals surface area contributed by atoms with Gasteiger partial charge >= 0.3 is 0 Å². The van der Waals surface area contributed by atoms with Gasteiger partial charge in [0.25, 0.3) is 0 Å². The second-order valence-electron chi connectivity index (χ2n) is 7.16. The molecule has 0 saturated heterocycles. The smallest absolute Gasteiger partial charge is 0.238 e. The molecular weight excluding hydrogens is 372 g/mol. The zero-order valence-corrected chi connectivity index (χ0v) is 19.7. The van der Waals surface area contributed by atoms with Crippen LogP contribution in [0.25, 0.3) is 16.8 Å². The van der Waals surface area contributed by atoms with Crippen molar-refractivity contribution in [2.45, 2.75) is 80.6 Å². The first kappa shape index (κ1) is 25.3. The number of nitrogens with two attached hydrogens (primary N) is 1. The summed E-state index contributed by atoms with van der Waals surface area (Å²) < 4.78 is 1.71. The third-order valence-electron chi connectivity index (χ3n) is 4.11. The van der Waals surface area contributed by atoms with Crippen LogP contribution >= 0.6 is 0 Å². The number of nitrogens with zero attached hydrogens (tertiary/aromatic N) is 5. The number of hydrogen-bond donors (Lipinski definition) is 1. The number of rotatable bonds is 2. The summed E-state index contributed by atoms with van der Waals surface area (Å²) >= 11 is 0. The van der Waals surface area contributed by atoms with Gasteiger partial charge in [0, 0.05) is 17.5 Å². The molecular formula is C24H38N6. The van der Waals surface area contributed by atoms with Gasteiger partial charge in [0.05, 0.1) is 28.8 Å². The summed E-state index contributed by atoms with van der Waals surface area (Å²) in [6.45, 7) is 14.1. The molecule has 0 unspecified atom stereocenters. The van der Waals surface area contributed by atoms with Gasteiger partial charge in [0.1, 0.15) is 0 Å². The molecule has 3 heterocycles. The van der Waals surface area contributed by atoms with Gasteiger partial charge in [-0.1, -0.05) is 59.8 Å². The first-order valence-corrected chi connectivity index (χ1v) is 11.1. The van der Waals surface area contributed by atoms with Crippen molar-refractivity contribution in [1.29, 1.82) is 0 Å². The number of anilines is 1. The number of pyridine rings is 1. The number of aromatic nitrogens is 4. The lowest BCUT2D eigenvalue weighted by molar-refractivity contribution is 0.504. The number of nitrogen functional groups attached to an aromatic ring is 1. The predicted octanol–water partition coefficient (Wildman–Crippen LogP) is 6.80. The van der Waals surface area contributed by atoms with Crippen LogP contribution in [0.5, 0.6) is 0 Å². The van der Waals surface area contributed by atoms with Crippen LogP contribution in [0.15, 0.2) is 35.6 Å². The maximum Gasteiger partial charge on any atom is 0.238 e. The first-order chi connectivity index (χ1) is 14.5. The fourth-order valence-electron chi connectivity index (χ4n) is 2.44. The van der Waals surface area contributed by atoms with E-state index in [0.29, 0.717) is 0 Å². The van der Waals surface area contributed by atoms with Crippen LogP contribution in [0, 0.1) is 6.92 Å². The number of hydrogen-bond acceptors (Lipinski definition) is 5. The van der Waals surface area contributed by atoms with Crippen molar-refractivity contribution < 1.29 is 0 Å². The second kappa shape index (κ2) is 13.5. The molecule has 4 rings (SSSR count). The molecule has 30 heavy (non-hydrogen) atoms. The third-order valence-corrected chi connectivity index (χ3v) is 4.11. The molecule has 3 aromatic rings. The number of aryl methyl sites for hydroxylation is 1. The molecule has 0 aliphatic heterocycles. The van der Waals surface area contributed by atoms with E-state index in [1.807, 2.05) is 59.0 Å². The van der Waals surface area contributed by atoms with Crippen molar-refractivity contribution in [3.05, 3.63) is 36.3 Å². The van der Waals surface area contributed by atoms with E-state index in [1.54, 1.807) is 10.7 Å². The molecule has 0 amide bonds. The van der Waals surface area contributed by atoms with Crippen molar-refractivity contribution in [3.8, 4) is 11.3 Å². The van der Waals surface area contributed by atoms with Gasteiger partial charge in [0.2, 0.25) is 5.95 Å². The average molecular weight is 411 g/mol. The monoisotopic (exact) mass is 410 g/mol. The quantitative estimate of drug-likeness (QED) is 0.471. The highest BCUT2D eigenvalue weighted by Crippen LogP contribution is 2.27. The fourth-order valence-corrected chi connectivity index (χ4v) is 2.44. The van der Waals surface area contributed by atoms with Crippen LogP contribution in [0.4, 0.5) is 11.6 Å². The molecule has 0 radical (unpaired) electrons. The van der Waals surface area contributed by atoms with E-state index in [9.17, 15) is 0 Å². The standard InChI is InChI=1S/C15H16N6.C4H8.C3H8.C2H6/c1-9(2)18-12-4-5-13(19-10(12)3)11-6-7-21-14(11)8-17-15(16)20-21;1-2-4-3-1;1-3-2;1-2/h4-8H,1-3H3,(H2,16,20);1-4H2;3H2,1-2H3;1-2H3. The maximum atomic E-state index is 5.59. The Hall–Kier alpha value is -2.76. The lowest BCUT2D eigenvalue weighted by Gasteiger charge is -2.05. The highest BCUT2D eigenvalue weighted by molar-refractivity contribution is 5.83. The summed E-state index contributed by atoms with van der Waals surface area (Å²) in [4.78, 5) is 13.1. The van der Waals surface area contributed by atoms with Crippen LogP contribution in [-0.4, -0.2) is 25.3 Å². The molecule has 0 spiro atoms. The van der Waals surface area contributed by atoms with E-state index in [4.69, 9.17) is 5.73 Å². The lowest BCUT2D eigenvalue weighted by atomic mass is 10.0. The zero-order chi connectivity index (χ0) is 22.5. The topological polar surface area (TPSA) is 81.5 Å². The molecule has 0 atom stereocenters. The molecule has 1 fully saturated rings. The summed E-state index contributed by atoms with van der Waals surface area (Å²) in [5, 5.41) is 4.13. The molecule has 1 aliphatic rings. The zero-order valence-electron chi connectivity index (χ0n) is 19.7. The van der Waals surface area contributed by atoms with Gasteiger partial charge in [-0.05, 0) is 39.0 Å². The Balaban J connectivity index is 0.000000423. The van der Waals surface area contributed by atoms with Gasteiger partial charge in [-0.25, -0.2) is 9.50 Å².